The molecule has 3 heterocycles. The molecule has 3 aliphatic heterocycles. The van der Waals surface area contributed by atoms with Crippen LogP contribution in [0.1, 0.15) is 24.0 Å². The molecule has 0 atom stereocenters. The summed E-state index contributed by atoms with van der Waals surface area (Å²) in [5.41, 5.74) is 5.14. The second-order valence-corrected chi connectivity index (χ2v) is 10.1. The zero-order chi connectivity index (χ0) is 21.4. The highest BCUT2D eigenvalue weighted by Crippen LogP contribution is 2.48. The lowest BCUT2D eigenvalue weighted by atomic mass is 9.88. The number of hydrogen-bond acceptors (Lipinski definition) is 6. The predicted molar refractivity (Wildman–Crippen MR) is 122 cm³/mol. The zero-order valence-electron chi connectivity index (χ0n) is 17.5. The van der Waals surface area contributed by atoms with Crippen molar-refractivity contribution in [2.75, 3.05) is 39.1 Å². The fourth-order valence-electron chi connectivity index (χ4n) is 4.46. The van der Waals surface area contributed by atoms with E-state index in [0.29, 0.717) is 13.2 Å². The van der Waals surface area contributed by atoms with Crippen LogP contribution in [0.25, 0.3) is 5.57 Å². The fourth-order valence-corrected chi connectivity index (χ4v) is 5.99. The first-order chi connectivity index (χ1) is 15.1. The standard InChI is InChI=1S/C24H26FNO3S2/c1-30-18-3-5-21-20(11-18)24(19-4-2-16(25)10-22(19)31-21)15-6-8-26(9-7-15)12-23-28-13-17(27)14-29-23/h2-5,10-11,17,23,27H,6-9,12-14H2,1H3. The highest BCUT2D eigenvalue weighted by Gasteiger charge is 2.28. The molecule has 31 heavy (non-hydrogen) atoms. The van der Waals surface area contributed by atoms with Crippen LogP contribution in [-0.2, 0) is 9.47 Å². The van der Waals surface area contributed by atoms with Crippen molar-refractivity contribution < 1.29 is 19.0 Å². The second-order valence-electron chi connectivity index (χ2n) is 8.13. The summed E-state index contributed by atoms with van der Waals surface area (Å²) in [4.78, 5) is 5.81. The SMILES string of the molecule is CSc1ccc2c(c1)C(=C1CCN(CC3OCC(O)CO3)CC1)c1ccc(F)cc1S2. The van der Waals surface area contributed by atoms with E-state index in [1.807, 2.05) is 6.07 Å². The molecule has 164 valence electrons. The molecule has 1 N–H and O–H groups in total. The molecule has 0 bridgehead atoms. The van der Waals surface area contributed by atoms with Gasteiger partial charge in [-0.15, -0.1) is 11.8 Å². The first-order valence-corrected chi connectivity index (χ1v) is 12.7. The van der Waals surface area contributed by atoms with Gasteiger partial charge in [-0.1, -0.05) is 23.4 Å². The average Bonchev–Trinajstić information content (AvgIpc) is 2.79. The smallest absolute Gasteiger partial charge is 0.170 e. The van der Waals surface area contributed by atoms with Gasteiger partial charge in [0.05, 0.1) is 13.2 Å². The van der Waals surface area contributed by atoms with E-state index < -0.39 is 6.10 Å². The Labute approximate surface area is 190 Å². The monoisotopic (exact) mass is 459 g/mol. The summed E-state index contributed by atoms with van der Waals surface area (Å²) in [5, 5.41) is 9.53. The van der Waals surface area contributed by atoms with E-state index in [-0.39, 0.29) is 12.1 Å². The van der Waals surface area contributed by atoms with Gasteiger partial charge in [0.25, 0.3) is 0 Å². The van der Waals surface area contributed by atoms with Crippen LogP contribution >= 0.6 is 23.5 Å². The van der Waals surface area contributed by atoms with Crippen molar-refractivity contribution in [3.8, 4) is 0 Å². The molecule has 3 aliphatic rings. The molecule has 2 aromatic carbocycles. The average molecular weight is 460 g/mol. The molecule has 5 rings (SSSR count). The van der Waals surface area contributed by atoms with Crippen molar-refractivity contribution in [3.05, 3.63) is 58.9 Å². The molecule has 2 fully saturated rings. The van der Waals surface area contributed by atoms with E-state index in [9.17, 15) is 9.50 Å². The van der Waals surface area contributed by atoms with Gasteiger partial charge >= 0.3 is 0 Å². The van der Waals surface area contributed by atoms with Crippen LogP contribution in [-0.4, -0.2) is 61.5 Å². The first kappa shape index (κ1) is 21.5. The third kappa shape index (κ3) is 4.58. The number of thioether (sulfide) groups is 1. The van der Waals surface area contributed by atoms with E-state index in [0.717, 1.165) is 42.9 Å². The lowest BCUT2D eigenvalue weighted by Gasteiger charge is -2.35. The van der Waals surface area contributed by atoms with Gasteiger partial charge in [0, 0.05) is 34.3 Å². The Morgan fingerprint density at radius 2 is 1.84 bits per heavy atom. The number of aliphatic hydroxyl groups is 1. The topological polar surface area (TPSA) is 41.9 Å². The number of fused-ring (bicyclic) bond motifs is 2. The highest BCUT2D eigenvalue weighted by atomic mass is 32.2. The molecular formula is C24H26FNO3S2. The number of ether oxygens (including phenoxy) is 2. The lowest BCUT2D eigenvalue weighted by Crippen LogP contribution is -2.44. The van der Waals surface area contributed by atoms with Gasteiger partial charge in [-0.25, -0.2) is 4.39 Å². The van der Waals surface area contributed by atoms with Crippen molar-refractivity contribution in [3.63, 3.8) is 0 Å². The van der Waals surface area contributed by atoms with Crippen molar-refractivity contribution in [2.24, 2.45) is 0 Å². The normalized spacial score (nSPS) is 24.1. The number of halogens is 1. The molecule has 0 amide bonds. The highest BCUT2D eigenvalue weighted by molar-refractivity contribution is 7.99. The molecule has 7 heteroatoms. The van der Waals surface area contributed by atoms with Gasteiger partial charge in [0.1, 0.15) is 11.9 Å². The Bertz CT molecular complexity index is 994. The number of hydrogen-bond donors (Lipinski definition) is 1. The van der Waals surface area contributed by atoms with Crippen LogP contribution < -0.4 is 0 Å². The van der Waals surface area contributed by atoms with Crippen LogP contribution in [0.5, 0.6) is 0 Å². The number of benzene rings is 2. The number of piperidine rings is 1. The Morgan fingerprint density at radius 3 is 2.58 bits per heavy atom. The van der Waals surface area contributed by atoms with Crippen LogP contribution in [0, 0.1) is 5.82 Å². The maximum atomic E-state index is 14.0. The molecule has 4 nitrogen and oxygen atoms in total. The minimum Gasteiger partial charge on any atom is -0.388 e. The molecule has 0 aliphatic carbocycles. The van der Waals surface area contributed by atoms with Gasteiger partial charge in [-0.3, -0.25) is 4.90 Å². The van der Waals surface area contributed by atoms with Gasteiger partial charge in [0.15, 0.2) is 6.29 Å². The maximum absolute atomic E-state index is 14.0. The van der Waals surface area contributed by atoms with Crippen LogP contribution in [0.3, 0.4) is 0 Å². The van der Waals surface area contributed by atoms with E-state index in [4.69, 9.17) is 9.47 Å². The number of likely N-dealkylation sites (tertiary alicyclic amines) is 1. The second kappa shape index (κ2) is 9.25. The zero-order valence-corrected chi connectivity index (χ0v) is 19.1. The first-order valence-electron chi connectivity index (χ1n) is 10.6. The summed E-state index contributed by atoms with van der Waals surface area (Å²) < 4.78 is 25.2. The quantitative estimate of drug-likeness (QED) is 0.576. The van der Waals surface area contributed by atoms with Crippen LogP contribution in [0.2, 0.25) is 0 Å². The molecule has 2 aromatic rings. The fraction of sp³-hybridized carbons (Fsp3) is 0.417. The van der Waals surface area contributed by atoms with E-state index in [1.54, 1.807) is 35.7 Å². The Hall–Kier alpha value is -1.35. The minimum atomic E-state index is -0.519. The molecule has 0 spiro atoms. The number of rotatable bonds is 3. The third-order valence-corrected chi connectivity index (χ3v) is 7.92. The summed E-state index contributed by atoms with van der Waals surface area (Å²) in [6.07, 6.45) is 3.25. The largest absolute Gasteiger partial charge is 0.388 e. The minimum absolute atomic E-state index is 0.188. The van der Waals surface area contributed by atoms with E-state index >= 15 is 0 Å². The van der Waals surface area contributed by atoms with E-state index in [2.05, 4.69) is 29.4 Å². The van der Waals surface area contributed by atoms with Gasteiger partial charge < -0.3 is 14.6 Å². The molecule has 0 unspecified atom stereocenters. The van der Waals surface area contributed by atoms with Crippen molar-refractivity contribution in [1.29, 1.82) is 0 Å². The summed E-state index contributed by atoms with van der Waals surface area (Å²) >= 11 is 3.41. The maximum Gasteiger partial charge on any atom is 0.170 e. The number of aliphatic hydroxyl groups excluding tert-OH is 1. The van der Waals surface area contributed by atoms with Gasteiger partial charge in [-0.2, -0.15) is 0 Å². The van der Waals surface area contributed by atoms with Crippen molar-refractivity contribution in [1.82, 2.24) is 4.90 Å². The van der Waals surface area contributed by atoms with E-state index in [1.165, 1.54) is 26.5 Å². The molecule has 2 saturated heterocycles. The predicted octanol–water partition coefficient (Wildman–Crippen LogP) is 4.64. The van der Waals surface area contributed by atoms with Crippen LogP contribution in [0.15, 0.2) is 56.7 Å². The van der Waals surface area contributed by atoms with Crippen LogP contribution in [0.4, 0.5) is 4.39 Å². The van der Waals surface area contributed by atoms with Gasteiger partial charge in [-0.05, 0) is 66.1 Å². The molecular weight excluding hydrogens is 433 g/mol. The third-order valence-electron chi connectivity index (χ3n) is 6.06. The summed E-state index contributed by atoms with van der Waals surface area (Å²) in [7, 11) is 0. The summed E-state index contributed by atoms with van der Waals surface area (Å²) in [6, 6.07) is 11.8. The number of nitrogens with zero attached hydrogens (tertiary/aromatic N) is 1. The van der Waals surface area contributed by atoms with Gasteiger partial charge in [0.2, 0.25) is 0 Å². The summed E-state index contributed by atoms with van der Waals surface area (Å²) in [5.74, 6) is -0.188. The Kier molecular flexibility index (Phi) is 6.42. The summed E-state index contributed by atoms with van der Waals surface area (Å²) in [6.45, 7) is 3.28. The molecule has 0 saturated carbocycles. The Morgan fingerprint density at radius 1 is 1.06 bits per heavy atom. The Balaban J connectivity index is 1.41. The lowest BCUT2D eigenvalue weighted by molar-refractivity contribution is -0.222. The molecule has 0 aromatic heterocycles. The molecule has 0 radical (unpaired) electrons. The van der Waals surface area contributed by atoms with Crippen molar-refractivity contribution in [2.45, 2.75) is 39.9 Å². The van der Waals surface area contributed by atoms with Crippen molar-refractivity contribution >= 4 is 29.1 Å².